The Labute approximate surface area is 206 Å². The molecule has 3 rings (SSSR count). The number of ether oxygens (including phenoxy) is 3. The van der Waals surface area contributed by atoms with Gasteiger partial charge in [-0.25, -0.2) is 13.1 Å². The number of hydrogen-bond acceptors (Lipinski definition) is 6. The second-order valence-electron chi connectivity index (χ2n) is 7.89. The normalized spacial score (nSPS) is 16.7. The fraction of sp³-hybridized carbons (Fsp3) is 0.478. The summed E-state index contributed by atoms with van der Waals surface area (Å²) in [4.78, 5) is 2.41. The summed E-state index contributed by atoms with van der Waals surface area (Å²) in [6.07, 6.45) is 0. The Morgan fingerprint density at radius 1 is 1.03 bits per heavy atom. The molecule has 0 fully saturated rings. The number of methoxy groups -OCH3 is 1. The zero-order valence-corrected chi connectivity index (χ0v) is 21.2. The number of fused-ring (bicyclic) bond motifs is 1. The van der Waals surface area contributed by atoms with Crippen molar-refractivity contribution >= 4 is 33.2 Å². The van der Waals surface area contributed by atoms with E-state index in [9.17, 15) is 8.42 Å². The van der Waals surface area contributed by atoms with Crippen molar-refractivity contribution in [2.75, 3.05) is 60.3 Å². The Bertz CT molecular complexity index is 1020. The lowest BCUT2D eigenvalue weighted by Gasteiger charge is -2.33. The summed E-state index contributed by atoms with van der Waals surface area (Å²) in [5.74, 6) is 0.0548. The van der Waals surface area contributed by atoms with Crippen LogP contribution in [0.4, 0.5) is 0 Å². The number of nitrogens with one attached hydrogen (secondary N) is 1. The van der Waals surface area contributed by atoms with Crippen LogP contribution >= 0.6 is 23.2 Å². The average molecular weight is 517 g/mol. The number of hydrogen-bond donors (Lipinski definition) is 1. The van der Waals surface area contributed by atoms with Crippen molar-refractivity contribution in [1.29, 1.82) is 0 Å². The molecule has 10 heteroatoms. The maximum atomic E-state index is 12.6. The van der Waals surface area contributed by atoms with Crippen LogP contribution in [0, 0.1) is 0 Å². The smallest absolute Gasteiger partial charge is 0.240 e. The van der Waals surface area contributed by atoms with Crippen molar-refractivity contribution in [2.24, 2.45) is 0 Å². The van der Waals surface area contributed by atoms with Crippen LogP contribution in [0.5, 0.6) is 0 Å². The highest BCUT2D eigenvalue weighted by molar-refractivity contribution is 7.89. The molecule has 0 amide bonds. The number of halogens is 2. The first-order valence-electron chi connectivity index (χ1n) is 10.7. The minimum Gasteiger partial charge on any atom is -0.382 e. The van der Waals surface area contributed by atoms with Gasteiger partial charge >= 0.3 is 0 Å². The zero-order chi connectivity index (χ0) is 23.8. The van der Waals surface area contributed by atoms with E-state index in [2.05, 4.69) is 9.62 Å². The molecule has 0 saturated heterocycles. The molecule has 1 N–H and O–H groups in total. The molecule has 1 heterocycles. The molecular weight excluding hydrogens is 487 g/mol. The topological polar surface area (TPSA) is 77.1 Å². The first-order chi connectivity index (χ1) is 15.8. The predicted octanol–water partition coefficient (Wildman–Crippen LogP) is 3.53. The van der Waals surface area contributed by atoms with Crippen LogP contribution in [0.2, 0.25) is 10.0 Å². The first-order valence-corrected chi connectivity index (χ1v) is 13.0. The average Bonchev–Trinajstić information content (AvgIpc) is 2.78. The summed E-state index contributed by atoms with van der Waals surface area (Å²) in [7, 11) is 0.0217. The fourth-order valence-corrected chi connectivity index (χ4v) is 5.39. The van der Waals surface area contributed by atoms with Crippen LogP contribution in [0.3, 0.4) is 0 Å². The van der Waals surface area contributed by atoms with E-state index < -0.39 is 10.0 Å². The monoisotopic (exact) mass is 516 g/mol. The standard InChI is InChI=1S/C23H30Cl2N2O5S/c1-27-15-21(20-13-18(24)14-23(25)22(20)16-27)17-3-5-19(6-4-17)33(28,29)26-7-8-31-11-12-32-10-9-30-2/h3-6,13-14,21,26H,7-12,15-16H2,1-2H3/t21-/m0/s1. The molecule has 33 heavy (non-hydrogen) atoms. The maximum Gasteiger partial charge on any atom is 0.240 e. The van der Waals surface area contributed by atoms with E-state index in [1.165, 1.54) is 0 Å². The summed E-state index contributed by atoms with van der Waals surface area (Å²) in [5.41, 5.74) is 3.15. The Morgan fingerprint density at radius 3 is 2.39 bits per heavy atom. The van der Waals surface area contributed by atoms with Crippen molar-refractivity contribution < 1.29 is 22.6 Å². The van der Waals surface area contributed by atoms with Gasteiger partial charge in [0, 0.05) is 42.7 Å². The number of nitrogens with zero attached hydrogens (tertiary/aromatic N) is 1. The van der Waals surface area contributed by atoms with Crippen LogP contribution in [-0.4, -0.2) is 73.6 Å². The van der Waals surface area contributed by atoms with Gasteiger partial charge in [0.2, 0.25) is 10.0 Å². The van der Waals surface area contributed by atoms with Gasteiger partial charge in [-0.2, -0.15) is 0 Å². The SMILES string of the molecule is COCCOCCOCCNS(=O)(=O)c1ccc([C@@H]2CN(C)Cc3c(Cl)cc(Cl)cc32)cc1. The third kappa shape index (κ3) is 7.37. The Morgan fingerprint density at radius 2 is 1.70 bits per heavy atom. The molecule has 0 spiro atoms. The predicted molar refractivity (Wildman–Crippen MR) is 130 cm³/mol. The van der Waals surface area contributed by atoms with Gasteiger partial charge in [0.25, 0.3) is 0 Å². The lowest BCUT2D eigenvalue weighted by Crippen LogP contribution is -2.31. The van der Waals surface area contributed by atoms with E-state index in [0.29, 0.717) is 36.5 Å². The lowest BCUT2D eigenvalue weighted by molar-refractivity contribution is 0.0262. The molecule has 7 nitrogen and oxygen atoms in total. The number of benzene rings is 2. The molecule has 0 aliphatic carbocycles. The van der Waals surface area contributed by atoms with E-state index in [4.69, 9.17) is 37.4 Å². The molecule has 2 aromatic rings. The molecule has 2 aromatic carbocycles. The van der Waals surface area contributed by atoms with Crippen LogP contribution in [0.1, 0.15) is 22.6 Å². The molecule has 0 saturated carbocycles. The van der Waals surface area contributed by atoms with Gasteiger partial charge in [0.1, 0.15) is 0 Å². The van der Waals surface area contributed by atoms with Gasteiger partial charge in [-0.3, -0.25) is 0 Å². The molecule has 0 aromatic heterocycles. The van der Waals surface area contributed by atoms with Crippen molar-refractivity contribution in [3.05, 3.63) is 63.1 Å². The Hall–Kier alpha value is -1.23. The van der Waals surface area contributed by atoms with Gasteiger partial charge in [-0.1, -0.05) is 35.3 Å². The summed E-state index contributed by atoms with van der Waals surface area (Å²) in [6.45, 7) is 3.85. The minimum absolute atomic E-state index is 0.0548. The van der Waals surface area contributed by atoms with Gasteiger partial charge in [0.15, 0.2) is 0 Å². The molecule has 0 bridgehead atoms. The molecule has 182 valence electrons. The van der Waals surface area contributed by atoms with Crippen molar-refractivity contribution in [1.82, 2.24) is 9.62 Å². The Balaban J connectivity index is 1.58. The second-order valence-corrected chi connectivity index (χ2v) is 10.5. The minimum atomic E-state index is -3.63. The third-order valence-electron chi connectivity index (χ3n) is 5.43. The van der Waals surface area contributed by atoms with Crippen molar-refractivity contribution in [3.8, 4) is 0 Å². The van der Waals surface area contributed by atoms with Gasteiger partial charge in [-0.15, -0.1) is 0 Å². The highest BCUT2D eigenvalue weighted by atomic mass is 35.5. The largest absolute Gasteiger partial charge is 0.382 e. The molecular formula is C23H30Cl2N2O5S. The zero-order valence-electron chi connectivity index (χ0n) is 18.9. The van der Waals surface area contributed by atoms with E-state index in [0.717, 1.165) is 29.8 Å². The van der Waals surface area contributed by atoms with Gasteiger partial charge in [-0.05, 0) is 48.0 Å². The van der Waals surface area contributed by atoms with Crippen molar-refractivity contribution in [3.63, 3.8) is 0 Å². The van der Waals surface area contributed by atoms with Crippen LogP contribution < -0.4 is 4.72 Å². The summed E-state index contributed by atoms with van der Waals surface area (Å²) < 4.78 is 43.4. The van der Waals surface area contributed by atoms with Crippen LogP contribution in [0.25, 0.3) is 0 Å². The molecule has 0 radical (unpaired) electrons. The number of likely N-dealkylation sites (N-methyl/N-ethyl adjacent to an activating group) is 1. The third-order valence-corrected chi connectivity index (χ3v) is 7.46. The summed E-state index contributed by atoms with van der Waals surface area (Å²) in [6, 6.07) is 10.7. The summed E-state index contributed by atoms with van der Waals surface area (Å²) in [5, 5.41) is 1.25. The van der Waals surface area contributed by atoms with E-state index in [1.807, 2.05) is 25.2 Å². The first kappa shape index (κ1) is 26.4. The van der Waals surface area contributed by atoms with Gasteiger partial charge < -0.3 is 19.1 Å². The lowest BCUT2D eigenvalue weighted by atomic mass is 9.85. The van der Waals surface area contributed by atoms with E-state index >= 15 is 0 Å². The second kappa shape index (κ2) is 12.5. The highest BCUT2D eigenvalue weighted by Gasteiger charge is 2.27. The van der Waals surface area contributed by atoms with E-state index in [1.54, 1.807) is 25.3 Å². The van der Waals surface area contributed by atoms with Crippen molar-refractivity contribution in [2.45, 2.75) is 17.4 Å². The Kier molecular flexibility index (Phi) is 9.96. The van der Waals surface area contributed by atoms with E-state index in [-0.39, 0.29) is 24.0 Å². The molecule has 0 unspecified atom stereocenters. The molecule has 1 aliphatic heterocycles. The number of sulfonamides is 1. The molecule has 1 aliphatic rings. The van der Waals surface area contributed by atoms with Crippen LogP contribution in [-0.2, 0) is 30.8 Å². The quantitative estimate of drug-likeness (QED) is 0.435. The van der Waals surface area contributed by atoms with Gasteiger partial charge in [0.05, 0.1) is 37.9 Å². The fourth-order valence-electron chi connectivity index (χ4n) is 3.81. The van der Waals surface area contributed by atoms with Crippen LogP contribution in [0.15, 0.2) is 41.3 Å². The molecule has 1 atom stereocenters. The highest BCUT2D eigenvalue weighted by Crippen LogP contribution is 2.38. The number of rotatable bonds is 12. The maximum absolute atomic E-state index is 12.6. The summed E-state index contributed by atoms with van der Waals surface area (Å²) >= 11 is 12.7.